The number of nitrogens with zero attached hydrogens (tertiary/aromatic N) is 5. The Kier molecular flexibility index (Phi) is 5.94. The number of aliphatic hydroxyl groups excluding tert-OH is 1. The number of piperidine rings is 2. The Balaban J connectivity index is 1.39. The zero-order valence-corrected chi connectivity index (χ0v) is 16.7. The summed E-state index contributed by atoms with van der Waals surface area (Å²) in [4.78, 5) is 4.80. The average molecular weight is 386 g/mol. The van der Waals surface area contributed by atoms with Gasteiger partial charge >= 0.3 is 0 Å². The minimum Gasteiger partial charge on any atom is -0.508 e. The summed E-state index contributed by atoms with van der Waals surface area (Å²) in [6.45, 7) is 5.54. The molecular weight excluding hydrogens is 354 g/mol. The van der Waals surface area contributed by atoms with Crippen LogP contribution >= 0.6 is 0 Å². The maximum Gasteiger partial charge on any atom is 0.146 e. The number of hydrogen-bond acceptors (Lipinski definition) is 6. The van der Waals surface area contributed by atoms with Crippen molar-refractivity contribution in [1.82, 2.24) is 24.6 Å². The van der Waals surface area contributed by atoms with Crippen molar-refractivity contribution in [3.05, 3.63) is 41.5 Å². The van der Waals surface area contributed by atoms with E-state index in [2.05, 4.69) is 37.7 Å². The highest BCUT2D eigenvalue weighted by Crippen LogP contribution is 2.27. The minimum atomic E-state index is -0.147. The molecule has 7 heteroatoms. The van der Waals surface area contributed by atoms with E-state index in [1.807, 2.05) is 12.1 Å². The minimum absolute atomic E-state index is 0.147. The number of rotatable bonds is 5. The van der Waals surface area contributed by atoms with Crippen LogP contribution in [0.15, 0.2) is 24.3 Å². The van der Waals surface area contributed by atoms with Crippen LogP contribution in [0.4, 0.5) is 0 Å². The smallest absolute Gasteiger partial charge is 0.146 e. The van der Waals surface area contributed by atoms with E-state index in [1.54, 1.807) is 6.07 Å². The maximum absolute atomic E-state index is 9.70. The Morgan fingerprint density at radius 2 is 1.86 bits per heavy atom. The Morgan fingerprint density at radius 1 is 1.04 bits per heavy atom. The molecule has 0 amide bonds. The highest BCUT2D eigenvalue weighted by atomic mass is 16.3. The van der Waals surface area contributed by atoms with Crippen LogP contribution in [0.3, 0.4) is 0 Å². The van der Waals surface area contributed by atoms with Gasteiger partial charge in [-0.15, -0.1) is 10.2 Å². The first-order valence-corrected chi connectivity index (χ1v) is 10.4. The molecule has 0 aliphatic carbocycles. The summed E-state index contributed by atoms with van der Waals surface area (Å²) in [6, 6.07) is 7.53. The Hall–Kier alpha value is -1.96. The van der Waals surface area contributed by atoms with Gasteiger partial charge in [-0.25, -0.2) is 0 Å². The van der Waals surface area contributed by atoms with Crippen molar-refractivity contribution in [2.24, 2.45) is 7.05 Å². The molecule has 0 unspecified atom stereocenters. The van der Waals surface area contributed by atoms with Crippen molar-refractivity contribution in [3.8, 4) is 5.75 Å². The fourth-order valence-corrected chi connectivity index (χ4v) is 4.47. The number of hydrogen-bond donors (Lipinski definition) is 2. The number of likely N-dealkylation sites (tertiary alicyclic amines) is 2. The molecular formula is C21H31N5O2. The zero-order valence-electron chi connectivity index (χ0n) is 16.7. The van der Waals surface area contributed by atoms with Crippen LogP contribution in [0, 0.1) is 0 Å². The van der Waals surface area contributed by atoms with Gasteiger partial charge in [0.1, 0.15) is 17.4 Å². The molecule has 0 saturated carbocycles. The molecule has 7 nitrogen and oxygen atoms in total. The van der Waals surface area contributed by atoms with Gasteiger partial charge in [-0.2, -0.15) is 0 Å². The predicted molar refractivity (Wildman–Crippen MR) is 107 cm³/mol. The number of aromatic hydroxyl groups is 1. The van der Waals surface area contributed by atoms with Crippen LogP contribution in [-0.4, -0.2) is 67.1 Å². The summed E-state index contributed by atoms with van der Waals surface area (Å²) >= 11 is 0. The highest BCUT2D eigenvalue weighted by molar-refractivity contribution is 5.27. The predicted octanol–water partition coefficient (Wildman–Crippen LogP) is 1.86. The van der Waals surface area contributed by atoms with Crippen molar-refractivity contribution < 1.29 is 10.2 Å². The molecule has 2 aliphatic heterocycles. The summed E-state index contributed by atoms with van der Waals surface area (Å²) in [5, 5.41) is 28.4. The van der Waals surface area contributed by atoms with E-state index in [-0.39, 0.29) is 6.10 Å². The lowest BCUT2D eigenvalue weighted by Crippen LogP contribution is -2.36. The number of phenols is 1. The molecule has 1 aromatic heterocycles. The van der Waals surface area contributed by atoms with Crippen molar-refractivity contribution in [2.75, 3.05) is 26.2 Å². The largest absolute Gasteiger partial charge is 0.508 e. The molecule has 1 aromatic carbocycles. The first-order chi connectivity index (χ1) is 13.6. The molecule has 4 rings (SSSR count). The van der Waals surface area contributed by atoms with Crippen LogP contribution in [0.25, 0.3) is 0 Å². The summed E-state index contributed by atoms with van der Waals surface area (Å²) in [6.07, 6.45) is 3.83. The Labute approximate surface area is 166 Å². The fraction of sp³-hybridized carbons (Fsp3) is 0.619. The molecule has 3 heterocycles. The SMILES string of the molecule is Cn1c(CN2CCC(O)CC2)nnc1[C@H]1CCCN(Cc2cccc(O)c2)C1. The van der Waals surface area contributed by atoms with Crippen molar-refractivity contribution in [3.63, 3.8) is 0 Å². The van der Waals surface area contributed by atoms with E-state index in [1.165, 1.54) is 0 Å². The van der Waals surface area contributed by atoms with Gasteiger partial charge in [0, 0.05) is 39.1 Å². The second-order valence-electron chi connectivity index (χ2n) is 8.28. The van der Waals surface area contributed by atoms with Crippen molar-refractivity contribution in [2.45, 2.75) is 50.8 Å². The van der Waals surface area contributed by atoms with E-state index in [0.717, 1.165) is 82.2 Å². The molecule has 0 spiro atoms. The third-order valence-electron chi connectivity index (χ3n) is 6.11. The molecule has 1 atom stereocenters. The lowest BCUT2D eigenvalue weighted by atomic mass is 9.96. The van der Waals surface area contributed by atoms with Gasteiger partial charge in [-0.1, -0.05) is 12.1 Å². The number of phenolic OH excluding ortho intramolecular Hbond substituents is 1. The van der Waals surface area contributed by atoms with Gasteiger partial charge in [-0.3, -0.25) is 9.80 Å². The second kappa shape index (κ2) is 8.59. The van der Waals surface area contributed by atoms with Gasteiger partial charge in [-0.05, 0) is 49.9 Å². The molecule has 0 bridgehead atoms. The molecule has 152 valence electrons. The monoisotopic (exact) mass is 385 g/mol. The Morgan fingerprint density at radius 3 is 2.64 bits per heavy atom. The van der Waals surface area contributed by atoms with E-state index in [9.17, 15) is 10.2 Å². The fourth-order valence-electron chi connectivity index (χ4n) is 4.47. The van der Waals surface area contributed by atoms with Gasteiger partial charge in [0.2, 0.25) is 0 Å². The van der Waals surface area contributed by atoms with E-state index in [4.69, 9.17) is 0 Å². The Bertz CT molecular complexity index is 785. The highest BCUT2D eigenvalue weighted by Gasteiger charge is 2.27. The third-order valence-corrected chi connectivity index (χ3v) is 6.11. The zero-order chi connectivity index (χ0) is 19.5. The standard InChI is InChI=1S/C21H31N5O2/c1-24-20(15-25-10-7-18(27)8-11-25)22-23-21(24)17-5-3-9-26(14-17)13-16-4-2-6-19(28)12-16/h2,4,6,12,17-18,27-28H,3,5,7-11,13-15H2,1H3/t17-/m0/s1. The average Bonchev–Trinajstić information content (AvgIpc) is 3.04. The molecule has 2 fully saturated rings. The molecule has 2 aromatic rings. The normalized spacial score (nSPS) is 22.6. The van der Waals surface area contributed by atoms with E-state index in [0.29, 0.717) is 11.7 Å². The molecule has 2 saturated heterocycles. The second-order valence-corrected chi connectivity index (χ2v) is 8.28. The van der Waals surface area contributed by atoms with Crippen LogP contribution in [0.1, 0.15) is 48.8 Å². The van der Waals surface area contributed by atoms with Crippen LogP contribution in [0.5, 0.6) is 5.75 Å². The van der Waals surface area contributed by atoms with Gasteiger partial charge in [0.15, 0.2) is 0 Å². The summed E-state index contributed by atoms with van der Waals surface area (Å²) in [5.41, 5.74) is 1.14. The van der Waals surface area contributed by atoms with E-state index < -0.39 is 0 Å². The third kappa shape index (κ3) is 4.54. The molecule has 0 radical (unpaired) electrons. The van der Waals surface area contributed by atoms with E-state index >= 15 is 0 Å². The van der Waals surface area contributed by atoms with Gasteiger partial charge in [0.05, 0.1) is 12.6 Å². The van der Waals surface area contributed by atoms with Crippen molar-refractivity contribution >= 4 is 0 Å². The van der Waals surface area contributed by atoms with Crippen LogP contribution in [0.2, 0.25) is 0 Å². The first kappa shape index (κ1) is 19.4. The topological polar surface area (TPSA) is 77.7 Å². The first-order valence-electron chi connectivity index (χ1n) is 10.4. The lowest BCUT2D eigenvalue weighted by molar-refractivity contribution is 0.0775. The van der Waals surface area contributed by atoms with Crippen LogP contribution < -0.4 is 0 Å². The number of benzene rings is 1. The molecule has 28 heavy (non-hydrogen) atoms. The summed E-state index contributed by atoms with van der Waals surface area (Å²) < 4.78 is 2.17. The lowest BCUT2D eigenvalue weighted by Gasteiger charge is -2.32. The number of aromatic nitrogens is 3. The molecule has 2 aliphatic rings. The summed E-state index contributed by atoms with van der Waals surface area (Å²) in [7, 11) is 2.08. The summed E-state index contributed by atoms with van der Waals surface area (Å²) in [5.74, 6) is 2.80. The number of aliphatic hydroxyl groups is 1. The van der Waals surface area contributed by atoms with Gasteiger partial charge in [0.25, 0.3) is 0 Å². The van der Waals surface area contributed by atoms with Crippen LogP contribution in [-0.2, 0) is 20.1 Å². The molecule has 2 N–H and O–H groups in total. The van der Waals surface area contributed by atoms with Gasteiger partial charge < -0.3 is 14.8 Å². The van der Waals surface area contributed by atoms with Crippen molar-refractivity contribution in [1.29, 1.82) is 0 Å². The quantitative estimate of drug-likeness (QED) is 0.818. The maximum atomic E-state index is 9.70.